The van der Waals surface area contributed by atoms with Crippen LogP contribution >= 0.6 is 0 Å². The third-order valence-corrected chi connectivity index (χ3v) is 2.61. The van der Waals surface area contributed by atoms with E-state index in [1.54, 1.807) is 12.3 Å². The van der Waals surface area contributed by atoms with Gasteiger partial charge in [0.05, 0.1) is 6.20 Å². The third kappa shape index (κ3) is 2.60. The molecule has 0 bridgehead atoms. The van der Waals surface area contributed by atoms with Gasteiger partial charge in [0.25, 0.3) is 5.91 Å². The SMILES string of the molecule is O=C1COc2cnc(/C=C/c3ccccc3)nc2N1. The number of carbonyl (C=O) groups excluding carboxylic acids is 1. The summed E-state index contributed by atoms with van der Waals surface area (Å²) in [4.78, 5) is 19.6. The smallest absolute Gasteiger partial charge is 0.263 e. The summed E-state index contributed by atoms with van der Waals surface area (Å²) < 4.78 is 5.19. The van der Waals surface area contributed by atoms with Crippen LogP contribution in [-0.4, -0.2) is 22.5 Å². The fourth-order valence-corrected chi connectivity index (χ4v) is 1.71. The van der Waals surface area contributed by atoms with Gasteiger partial charge in [0.15, 0.2) is 24.0 Å². The minimum Gasteiger partial charge on any atom is -0.478 e. The molecule has 0 saturated carbocycles. The largest absolute Gasteiger partial charge is 0.478 e. The van der Waals surface area contributed by atoms with E-state index in [1.165, 1.54) is 0 Å². The van der Waals surface area contributed by atoms with Crippen molar-refractivity contribution in [1.82, 2.24) is 9.97 Å². The number of carbonyl (C=O) groups is 1. The number of anilines is 1. The van der Waals surface area contributed by atoms with Gasteiger partial charge < -0.3 is 10.1 Å². The first-order valence-electron chi connectivity index (χ1n) is 5.84. The highest BCUT2D eigenvalue weighted by atomic mass is 16.5. The van der Waals surface area contributed by atoms with Crippen LogP contribution < -0.4 is 10.1 Å². The topological polar surface area (TPSA) is 64.1 Å². The van der Waals surface area contributed by atoms with Crippen LogP contribution in [0.1, 0.15) is 11.4 Å². The molecule has 0 atom stereocenters. The van der Waals surface area contributed by atoms with Crippen molar-refractivity contribution >= 4 is 23.9 Å². The first-order valence-corrected chi connectivity index (χ1v) is 5.84. The van der Waals surface area contributed by atoms with E-state index in [-0.39, 0.29) is 12.5 Å². The molecule has 2 heterocycles. The molecule has 94 valence electrons. The molecule has 2 aromatic rings. The van der Waals surface area contributed by atoms with Gasteiger partial charge in [0.1, 0.15) is 0 Å². The Morgan fingerprint density at radius 2 is 2.05 bits per heavy atom. The summed E-state index contributed by atoms with van der Waals surface area (Å²) >= 11 is 0. The van der Waals surface area contributed by atoms with Crippen LogP contribution in [0.5, 0.6) is 5.75 Å². The van der Waals surface area contributed by atoms with E-state index >= 15 is 0 Å². The lowest BCUT2D eigenvalue weighted by atomic mass is 10.2. The van der Waals surface area contributed by atoms with E-state index in [0.717, 1.165) is 5.56 Å². The van der Waals surface area contributed by atoms with Crippen molar-refractivity contribution in [2.75, 3.05) is 11.9 Å². The number of hydrogen-bond acceptors (Lipinski definition) is 4. The summed E-state index contributed by atoms with van der Waals surface area (Å²) in [7, 11) is 0. The molecule has 0 fully saturated rings. The second-order valence-electron chi connectivity index (χ2n) is 4.02. The molecule has 1 aromatic heterocycles. The predicted molar refractivity (Wildman–Crippen MR) is 71.5 cm³/mol. The van der Waals surface area contributed by atoms with E-state index < -0.39 is 0 Å². The molecule has 19 heavy (non-hydrogen) atoms. The first-order chi connectivity index (χ1) is 9.31. The maximum absolute atomic E-state index is 11.2. The van der Waals surface area contributed by atoms with Gasteiger partial charge in [0, 0.05) is 0 Å². The highest BCUT2D eigenvalue weighted by Crippen LogP contribution is 2.24. The lowest BCUT2D eigenvalue weighted by Crippen LogP contribution is -2.26. The van der Waals surface area contributed by atoms with Gasteiger partial charge in [-0.2, -0.15) is 0 Å². The zero-order chi connectivity index (χ0) is 13.1. The number of aromatic nitrogens is 2. The van der Waals surface area contributed by atoms with Crippen LogP contribution in [0.3, 0.4) is 0 Å². The van der Waals surface area contributed by atoms with E-state index in [1.807, 2.05) is 36.4 Å². The maximum Gasteiger partial charge on any atom is 0.263 e. The molecule has 0 unspecified atom stereocenters. The van der Waals surface area contributed by atoms with Crippen molar-refractivity contribution in [3.63, 3.8) is 0 Å². The lowest BCUT2D eigenvalue weighted by molar-refractivity contribution is -0.118. The van der Waals surface area contributed by atoms with Gasteiger partial charge in [0.2, 0.25) is 0 Å². The Morgan fingerprint density at radius 3 is 2.89 bits per heavy atom. The highest BCUT2D eigenvalue weighted by Gasteiger charge is 2.17. The summed E-state index contributed by atoms with van der Waals surface area (Å²) in [5.41, 5.74) is 1.06. The van der Waals surface area contributed by atoms with Crippen molar-refractivity contribution in [2.24, 2.45) is 0 Å². The average molecular weight is 253 g/mol. The number of hydrogen-bond donors (Lipinski definition) is 1. The van der Waals surface area contributed by atoms with Gasteiger partial charge >= 0.3 is 0 Å². The molecule has 1 aromatic carbocycles. The second-order valence-corrected chi connectivity index (χ2v) is 4.02. The van der Waals surface area contributed by atoms with Crippen molar-refractivity contribution in [3.05, 3.63) is 47.9 Å². The number of amides is 1. The van der Waals surface area contributed by atoms with E-state index in [9.17, 15) is 4.79 Å². The van der Waals surface area contributed by atoms with Crippen LogP contribution in [0.25, 0.3) is 12.2 Å². The monoisotopic (exact) mass is 253 g/mol. The van der Waals surface area contributed by atoms with E-state index in [2.05, 4.69) is 15.3 Å². The standard InChI is InChI=1S/C14H11N3O2/c18-13-9-19-11-8-15-12(16-14(11)17-13)7-6-10-4-2-1-3-5-10/h1-8H,9H2,(H,15,16,17,18)/b7-6+. The van der Waals surface area contributed by atoms with Crippen molar-refractivity contribution < 1.29 is 9.53 Å². The normalized spacial score (nSPS) is 13.8. The number of rotatable bonds is 2. The van der Waals surface area contributed by atoms with Crippen LogP contribution in [0.2, 0.25) is 0 Å². The summed E-state index contributed by atoms with van der Waals surface area (Å²) in [6.07, 6.45) is 5.26. The Labute approximate surface area is 110 Å². The highest BCUT2D eigenvalue weighted by molar-refractivity contribution is 5.94. The Kier molecular flexibility index (Phi) is 2.94. The molecule has 1 aliphatic heterocycles. The molecule has 5 nitrogen and oxygen atoms in total. The quantitative estimate of drug-likeness (QED) is 0.888. The molecule has 0 spiro atoms. The fraction of sp³-hybridized carbons (Fsp3) is 0.0714. The average Bonchev–Trinajstić information content (AvgIpc) is 2.46. The molecule has 0 radical (unpaired) electrons. The molecule has 3 rings (SSSR count). The Morgan fingerprint density at radius 1 is 1.21 bits per heavy atom. The summed E-state index contributed by atoms with van der Waals surface area (Å²) in [6, 6.07) is 9.85. The fourth-order valence-electron chi connectivity index (χ4n) is 1.71. The molecule has 1 aliphatic rings. The maximum atomic E-state index is 11.2. The summed E-state index contributed by atoms with van der Waals surface area (Å²) in [5.74, 6) is 1.23. The zero-order valence-electron chi connectivity index (χ0n) is 10.0. The molecular weight excluding hydrogens is 242 g/mol. The third-order valence-electron chi connectivity index (χ3n) is 2.61. The Hall–Kier alpha value is -2.69. The van der Waals surface area contributed by atoms with Crippen molar-refractivity contribution in [3.8, 4) is 5.75 Å². The molecule has 1 amide bonds. The minimum atomic E-state index is -0.204. The molecule has 1 N–H and O–H groups in total. The van der Waals surface area contributed by atoms with E-state index in [0.29, 0.717) is 17.4 Å². The number of benzene rings is 1. The van der Waals surface area contributed by atoms with Gasteiger partial charge in [-0.3, -0.25) is 4.79 Å². The summed E-state index contributed by atoms with van der Waals surface area (Å²) in [5, 5.41) is 2.65. The molecular formula is C14H11N3O2. The van der Waals surface area contributed by atoms with E-state index in [4.69, 9.17) is 4.74 Å². The van der Waals surface area contributed by atoms with Crippen LogP contribution in [0.4, 0.5) is 5.82 Å². The minimum absolute atomic E-state index is 0.00949. The molecule has 5 heteroatoms. The van der Waals surface area contributed by atoms with Crippen LogP contribution in [0, 0.1) is 0 Å². The number of nitrogens with zero attached hydrogens (tertiary/aromatic N) is 2. The summed E-state index contributed by atoms with van der Waals surface area (Å²) in [6.45, 7) is 0.00949. The zero-order valence-corrected chi connectivity index (χ0v) is 10.0. The van der Waals surface area contributed by atoms with Crippen LogP contribution in [-0.2, 0) is 4.79 Å². The van der Waals surface area contributed by atoms with Gasteiger partial charge in [-0.15, -0.1) is 0 Å². The number of ether oxygens (including phenoxy) is 1. The molecule has 0 saturated heterocycles. The van der Waals surface area contributed by atoms with Crippen LogP contribution in [0.15, 0.2) is 36.5 Å². The Balaban J connectivity index is 1.84. The van der Waals surface area contributed by atoms with Gasteiger partial charge in [-0.1, -0.05) is 36.4 Å². The number of nitrogens with one attached hydrogen (secondary N) is 1. The molecule has 0 aliphatic carbocycles. The second kappa shape index (κ2) is 4.89. The Bertz CT molecular complexity index is 638. The van der Waals surface area contributed by atoms with Gasteiger partial charge in [-0.25, -0.2) is 9.97 Å². The lowest BCUT2D eigenvalue weighted by Gasteiger charge is -2.15. The number of fused-ring (bicyclic) bond motifs is 1. The van der Waals surface area contributed by atoms with Crippen molar-refractivity contribution in [1.29, 1.82) is 0 Å². The van der Waals surface area contributed by atoms with Crippen molar-refractivity contribution in [2.45, 2.75) is 0 Å². The predicted octanol–water partition coefficient (Wildman–Crippen LogP) is 1.98. The van der Waals surface area contributed by atoms with Gasteiger partial charge in [-0.05, 0) is 11.6 Å². The first kappa shape index (κ1) is 11.4.